The summed E-state index contributed by atoms with van der Waals surface area (Å²) in [7, 11) is 0. The molecule has 1 aromatic heterocycles. The Morgan fingerprint density at radius 1 is 1.45 bits per heavy atom. The quantitative estimate of drug-likeness (QED) is 0.669. The lowest BCUT2D eigenvalue weighted by Crippen LogP contribution is -2.46. The van der Waals surface area contributed by atoms with E-state index in [9.17, 15) is 4.79 Å². The third-order valence-electron chi connectivity index (χ3n) is 3.14. The van der Waals surface area contributed by atoms with Gasteiger partial charge >= 0.3 is 6.03 Å². The summed E-state index contributed by atoms with van der Waals surface area (Å²) in [4.78, 5) is 19.7. The third-order valence-corrected chi connectivity index (χ3v) is 3.14. The molecule has 2 rings (SSSR count). The van der Waals surface area contributed by atoms with E-state index in [4.69, 9.17) is 4.74 Å². The van der Waals surface area contributed by atoms with Crippen molar-refractivity contribution in [3.63, 3.8) is 0 Å². The summed E-state index contributed by atoms with van der Waals surface area (Å²) in [6, 6.07) is 1.61. The third kappa shape index (κ3) is 4.65. The maximum absolute atomic E-state index is 11.7. The van der Waals surface area contributed by atoms with Crippen molar-refractivity contribution in [1.82, 2.24) is 20.6 Å². The molecule has 2 amide bonds. The van der Waals surface area contributed by atoms with Gasteiger partial charge in [0.25, 0.3) is 0 Å². The Labute approximate surface area is 118 Å². The second kappa shape index (κ2) is 7.64. The van der Waals surface area contributed by atoms with Gasteiger partial charge in [-0.05, 0) is 25.8 Å². The van der Waals surface area contributed by atoms with Crippen LogP contribution >= 0.6 is 0 Å². The highest BCUT2D eigenvalue weighted by Crippen LogP contribution is 2.15. The minimum absolute atomic E-state index is 0.0305. The summed E-state index contributed by atoms with van der Waals surface area (Å²) >= 11 is 0. The van der Waals surface area contributed by atoms with Crippen molar-refractivity contribution in [1.29, 1.82) is 0 Å². The highest BCUT2D eigenvalue weighted by Gasteiger charge is 2.23. The number of nitrogens with one attached hydrogen (secondary N) is 3. The molecule has 110 valence electrons. The number of carbonyl (C=O) groups excluding carboxylic acids is 1. The molecule has 1 aliphatic heterocycles. The molecule has 1 fully saturated rings. The number of ether oxygens (including phenoxy) is 1. The van der Waals surface area contributed by atoms with Crippen molar-refractivity contribution in [2.75, 3.05) is 25.0 Å². The van der Waals surface area contributed by atoms with Gasteiger partial charge in [0, 0.05) is 32.1 Å². The van der Waals surface area contributed by atoms with Crippen LogP contribution in [0, 0.1) is 0 Å². The van der Waals surface area contributed by atoms with Crippen LogP contribution in [0.4, 0.5) is 10.7 Å². The fourth-order valence-electron chi connectivity index (χ4n) is 2.09. The Bertz CT molecular complexity index is 408. The molecule has 0 aliphatic carbocycles. The van der Waals surface area contributed by atoms with Crippen LogP contribution in [0.5, 0.6) is 0 Å². The van der Waals surface area contributed by atoms with E-state index < -0.39 is 0 Å². The van der Waals surface area contributed by atoms with Crippen LogP contribution in [0.2, 0.25) is 0 Å². The monoisotopic (exact) mass is 279 g/mol. The number of hydrogen-bond donors (Lipinski definition) is 3. The van der Waals surface area contributed by atoms with Crippen LogP contribution in [-0.2, 0) is 4.74 Å². The van der Waals surface area contributed by atoms with Gasteiger partial charge in [-0.3, -0.25) is 0 Å². The molecule has 0 unspecified atom stereocenters. The lowest BCUT2D eigenvalue weighted by molar-refractivity contribution is 0.0860. The standard InChI is InChI=1S/C13H21N5O2/c1-10(11-4-2-9-20-11)18-13(19)17-8-7-16-12-14-5-3-6-15-12/h3,5-6,10-11H,2,4,7-9H2,1H3,(H,14,15,16)(H2,17,18,19)/t10-,11+/m0/s1. The summed E-state index contributed by atoms with van der Waals surface area (Å²) < 4.78 is 5.53. The van der Waals surface area contributed by atoms with Gasteiger partial charge in [0.15, 0.2) is 0 Å². The van der Waals surface area contributed by atoms with Crippen molar-refractivity contribution in [3.8, 4) is 0 Å². The average Bonchev–Trinajstić information content (AvgIpc) is 2.99. The Balaban J connectivity index is 1.58. The molecule has 0 aromatic carbocycles. The molecular weight excluding hydrogens is 258 g/mol. The number of anilines is 1. The van der Waals surface area contributed by atoms with Gasteiger partial charge in [-0.25, -0.2) is 14.8 Å². The van der Waals surface area contributed by atoms with E-state index in [-0.39, 0.29) is 18.2 Å². The first-order valence-electron chi connectivity index (χ1n) is 6.92. The number of urea groups is 1. The largest absolute Gasteiger partial charge is 0.376 e. The van der Waals surface area contributed by atoms with Crippen molar-refractivity contribution in [3.05, 3.63) is 18.5 Å². The lowest BCUT2D eigenvalue weighted by Gasteiger charge is -2.20. The predicted octanol–water partition coefficient (Wildman–Crippen LogP) is 0.755. The summed E-state index contributed by atoms with van der Waals surface area (Å²) in [6.45, 7) is 3.83. The first kappa shape index (κ1) is 14.5. The normalized spacial score (nSPS) is 19.4. The van der Waals surface area contributed by atoms with Crippen molar-refractivity contribution < 1.29 is 9.53 Å². The van der Waals surface area contributed by atoms with Gasteiger partial charge in [0.05, 0.1) is 12.1 Å². The van der Waals surface area contributed by atoms with Crippen molar-refractivity contribution >= 4 is 12.0 Å². The van der Waals surface area contributed by atoms with Crippen LogP contribution in [0.3, 0.4) is 0 Å². The molecule has 1 aromatic rings. The Morgan fingerprint density at radius 2 is 2.25 bits per heavy atom. The minimum Gasteiger partial charge on any atom is -0.376 e. The molecule has 2 heterocycles. The topological polar surface area (TPSA) is 88.2 Å². The minimum atomic E-state index is -0.177. The Hall–Kier alpha value is -1.89. The van der Waals surface area contributed by atoms with Gasteiger partial charge in [0.2, 0.25) is 5.95 Å². The van der Waals surface area contributed by atoms with E-state index >= 15 is 0 Å². The van der Waals surface area contributed by atoms with Crippen LogP contribution in [0.1, 0.15) is 19.8 Å². The zero-order chi connectivity index (χ0) is 14.2. The lowest BCUT2D eigenvalue weighted by atomic mass is 10.1. The summed E-state index contributed by atoms with van der Waals surface area (Å²) in [6.07, 6.45) is 5.54. The van der Waals surface area contributed by atoms with E-state index in [1.807, 2.05) is 6.92 Å². The number of hydrogen-bond acceptors (Lipinski definition) is 5. The van der Waals surface area contributed by atoms with Gasteiger partial charge in [-0.1, -0.05) is 0 Å². The van der Waals surface area contributed by atoms with E-state index in [0.29, 0.717) is 19.0 Å². The molecule has 0 bridgehead atoms. The van der Waals surface area contributed by atoms with Crippen LogP contribution in [0.15, 0.2) is 18.5 Å². The first-order chi connectivity index (χ1) is 9.75. The zero-order valence-corrected chi connectivity index (χ0v) is 11.6. The van der Waals surface area contributed by atoms with E-state index in [1.165, 1.54) is 0 Å². The molecule has 0 spiro atoms. The number of aromatic nitrogens is 2. The van der Waals surface area contributed by atoms with Crippen molar-refractivity contribution in [2.45, 2.75) is 31.9 Å². The smallest absolute Gasteiger partial charge is 0.315 e. The average molecular weight is 279 g/mol. The molecule has 7 nitrogen and oxygen atoms in total. The van der Waals surface area contributed by atoms with Crippen LogP contribution in [-0.4, -0.2) is 47.8 Å². The highest BCUT2D eigenvalue weighted by molar-refractivity contribution is 5.74. The molecule has 3 N–H and O–H groups in total. The van der Waals surface area contributed by atoms with E-state index in [0.717, 1.165) is 19.4 Å². The Morgan fingerprint density at radius 3 is 2.95 bits per heavy atom. The summed E-state index contributed by atoms with van der Waals surface area (Å²) in [5.74, 6) is 0.558. The number of carbonyl (C=O) groups is 1. The summed E-state index contributed by atoms with van der Waals surface area (Å²) in [5.41, 5.74) is 0. The molecular formula is C13H21N5O2. The maximum Gasteiger partial charge on any atom is 0.315 e. The zero-order valence-electron chi connectivity index (χ0n) is 11.6. The van der Waals surface area contributed by atoms with Crippen molar-refractivity contribution in [2.24, 2.45) is 0 Å². The van der Waals surface area contributed by atoms with Crippen LogP contribution in [0.25, 0.3) is 0 Å². The molecule has 7 heteroatoms. The van der Waals surface area contributed by atoms with Gasteiger partial charge in [-0.15, -0.1) is 0 Å². The highest BCUT2D eigenvalue weighted by atomic mass is 16.5. The molecule has 1 aliphatic rings. The number of nitrogens with zero attached hydrogens (tertiary/aromatic N) is 2. The van der Waals surface area contributed by atoms with Gasteiger partial charge in [-0.2, -0.15) is 0 Å². The molecule has 0 saturated carbocycles. The fraction of sp³-hybridized carbons (Fsp3) is 0.615. The van der Waals surface area contributed by atoms with Crippen LogP contribution < -0.4 is 16.0 Å². The van der Waals surface area contributed by atoms with Gasteiger partial charge < -0.3 is 20.7 Å². The molecule has 2 atom stereocenters. The van der Waals surface area contributed by atoms with E-state index in [1.54, 1.807) is 18.5 Å². The maximum atomic E-state index is 11.7. The fourth-order valence-corrected chi connectivity index (χ4v) is 2.09. The number of rotatable bonds is 6. The van der Waals surface area contributed by atoms with Gasteiger partial charge in [0.1, 0.15) is 0 Å². The second-order valence-electron chi connectivity index (χ2n) is 4.74. The first-order valence-corrected chi connectivity index (χ1v) is 6.92. The summed E-state index contributed by atoms with van der Waals surface area (Å²) in [5, 5.41) is 8.69. The SMILES string of the molecule is C[C@H](NC(=O)NCCNc1ncccn1)[C@H]1CCCO1. The Kier molecular flexibility index (Phi) is 5.55. The second-order valence-corrected chi connectivity index (χ2v) is 4.74. The predicted molar refractivity (Wildman–Crippen MR) is 75.5 cm³/mol. The molecule has 20 heavy (non-hydrogen) atoms. The number of amides is 2. The molecule has 0 radical (unpaired) electrons. The van der Waals surface area contributed by atoms with E-state index in [2.05, 4.69) is 25.9 Å². The molecule has 1 saturated heterocycles.